The monoisotopic (exact) mass is 232 g/mol. The van der Waals surface area contributed by atoms with Crippen molar-refractivity contribution in [3.63, 3.8) is 0 Å². The minimum Gasteiger partial charge on any atom is -0.396 e. The number of rotatable bonds is 12. The van der Waals surface area contributed by atoms with Crippen LogP contribution in [0, 0.1) is 0 Å². The summed E-state index contributed by atoms with van der Waals surface area (Å²) >= 11 is 0. The molecule has 0 aromatic rings. The van der Waals surface area contributed by atoms with E-state index >= 15 is 0 Å². The van der Waals surface area contributed by atoms with Gasteiger partial charge in [-0.15, -0.1) is 0 Å². The van der Waals surface area contributed by atoms with Crippen LogP contribution in [0.2, 0.25) is 0 Å². The van der Waals surface area contributed by atoms with E-state index in [0.717, 1.165) is 25.7 Å². The fraction of sp³-hybridized carbons (Fsp3) is 1.00. The van der Waals surface area contributed by atoms with E-state index < -0.39 is 6.29 Å². The Bertz CT molecular complexity index is 126. The molecule has 0 radical (unpaired) electrons. The smallest absolute Gasteiger partial charge is 0.151 e. The van der Waals surface area contributed by atoms with Gasteiger partial charge in [0.05, 0.1) is 0 Å². The molecule has 0 rings (SSSR count). The zero-order valence-corrected chi connectivity index (χ0v) is 10.4. The Morgan fingerprint density at radius 1 is 0.562 bits per heavy atom. The van der Waals surface area contributed by atoms with E-state index in [1.54, 1.807) is 0 Å². The number of hydrogen-bond donors (Lipinski definition) is 3. The standard InChI is InChI=1S/C13H28O3/c14-12-10-8-6-4-2-1-3-5-7-9-11-13(15)16/h13-16H,1-12H2. The molecular weight excluding hydrogens is 204 g/mol. The summed E-state index contributed by atoms with van der Waals surface area (Å²) in [5, 5.41) is 25.9. The highest BCUT2D eigenvalue weighted by molar-refractivity contribution is 4.48. The van der Waals surface area contributed by atoms with E-state index in [0.29, 0.717) is 13.0 Å². The van der Waals surface area contributed by atoms with Crippen LogP contribution in [-0.4, -0.2) is 28.2 Å². The Kier molecular flexibility index (Phi) is 12.9. The Labute approximate surface area is 99.5 Å². The van der Waals surface area contributed by atoms with E-state index in [1.165, 1.54) is 38.5 Å². The second kappa shape index (κ2) is 12.9. The van der Waals surface area contributed by atoms with Crippen molar-refractivity contribution in [3.05, 3.63) is 0 Å². The lowest BCUT2D eigenvalue weighted by atomic mass is 10.1. The second-order valence-electron chi connectivity index (χ2n) is 4.53. The third kappa shape index (κ3) is 13.9. The van der Waals surface area contributed by atoms with Crippen molar-refractivity contribution in [2.45, 2.75) is 76.9 Å². The fourth-order valence-electron chi connectivity index (χ4n) is 1.85. The van der Waals surface area contributed by atoms with Crippen LogP contribution in [0.3, 0.4) is 0 Å². The third-order valence-electron chi connectivity index (χ3n) is 2.87. The van der Waals surface area contributed by atoms with Gasteiger partial charge in [0.25, 0.3) is 0 Å². The van der Waals surface area contributed by atoms with Crippen LogP contribution in [0.5, 0.6) is 0 Å². The molecule has 98 valence electrons. The molecule has 16 heavy (non-hydrogen) atoms. The molecule has 0 spiro atoms. The van der Waals surface area contributed by atoms with E-state index in [-0.39, 0.29) is 0 Å². The van der Waals surface area contributed by atoms with E-state index in [9.17, 15) is 0 Å². The van der Waals surface area contributed by atoms with Crippen LogP contribution in [-0.2, 0) is 0 Å². The Hall–Kier alpha value is -0.120. The van der Waals surface area contributed by atoms with Gasteiger partial charge in [0.1, 0.15) is 0 Å². The summed E-state index contributed by atoms with van der Waals surface area (Å²) in [7, 11) is 0. The summed E-state index contributed by atoms with van der Waals surface area (Å²) in [4.78, 5) is 0. The molecule has 0 saturated heterocycles. The van der Waals surface area contributed by atoms with Crippen molar-refractivity contribution in [2.75, 3.05) is 6.61 Å². The predicted octanol–water partition coefficient (Wildman–Crippen LogP) is 2.58. The van der Waals surface area contributed by atoms with Gasteiger partial charge in [0.2, 0.25) is 0 Å². The Balaban J connectivity index is 2.88. The molecule has 3 N–H and O–H groups in total. The SMILES string of the molecule is OCCCCCCCCCCCCC(O)O. The summed E-state index contributed by atoms with van der Waals surface area (Å²) in [6, 6.07) is 0. The van der Waals surface area contributed by atoms with Gasteiger partial charge in [-0.1, -0.05) is 51.4 Å². The van der Waals surface area contributed by atoms with Crippen molar-refractivity contribution in [1.82, 2.24) is 0 Å². The molecule has 0 bridgehead atoms. The number of aliphatic hydroxyl groups is 3. The molecule has 0 aromatic heterocycles. The van der Waals surface area contributed by atoms with Crippen molar-refractivity contribution < 1.29 is 15.3 Å². The van der Waals surface area contributed by atoms with Gasteiger partial charge < -0.3 is 15.3 Å². The highest BCUT2D eigenvalue weighted by Gasteiger charge is 1.96. The van der Waals surface area contributed by atoms with E-state index in [2.05, 4.69) is 0 Å². The quantitative estimate of drug-likeness (QED) is 0.358. The number of hydrogen-bond acceptors (Lipinski definition) is 3. The first-order valence-electron chi connectivity index (χ1n) is 6.74. The Morgan fingerprint density at radius 2 is 0.938 bits per heavy atom. The zero-order valence-electron chi connectivity index (χ0n) is 10.4. The van der Waals surface area contributed by atoms with Gasteiger partial charge >= 0.3 is 0 Å². The molecule has 0 aromatic carbocycles. The maximum atomic E-state index is 8.63. The maximum absolute atomic E-state index is 8.63. The van der Waals surface area contributed by atoms with E-state index in [4.69, 9.17) is 15.3 Å². The molecule has 0 saturated carbocycles. The zero-order chi connectivity index (χ0) is 12.1. The number of unbranched alkanes of at least 4 members (excludes halogenated alkanes) is 9. The second-order valence-corrected chi connectivity index (χ2v) is 4.53. The van der Waals surface area contributed by atoms with Crippen LogP contribution in [0.25, 0.3) is 0 Å². The molecule has 3 nitrogen and oxygen atoms in total. The topological polar surface area (TPSA) is 60.7 Å². The largest absolute Gasteiger partial charge is 0.396 e. The van der Waals surface area contributed by atoms with Gasteiger partial charge in [-0.3, -0.25) is 0 Å². The molecule has 0 atom stereocenters. The van der Waals surface area contributed by atoms with Gasteiger partial charge in [0, 0.05) is 6.61 Å². The lowest BCUT2D eigenvalue weighted by molar-refractivity contribution is -0.0466. The first-order chi connectivity index (χ1) is 7.77. The Morgan fingerprint density at radius 3 is 1.31 bits per heavy atom. The predicted molar refractivity (Wildman–Crippen MR) is 66.1 cm³/mol. The summed E-state index contributed by atoms with van der Waals surface area (Å²) in [5.74, 6) is 0. The van der Waals surface area contributed by atoms with Crippen molar-refractivity contribution >= 4 is 0 Å². The molecule has 0 unspecified atom stereocenters. The van der Waals surface area contributed by atoms with Crippen molar-refractivity contribution in [3.8, 4) is 0 Å². The van der Waals surface area contributed by atoms with Gasteiger partial charge in [-0.05, 0) is 19.3 Å². The van der Waals surface area contributed by atoms with Crippen LogP contribution >= 0.6 is 0 Å². The van der Waals surface area contributed by atoms with Gasteiger partial charge in [0.15, 0.2) is 6.29 Å². The summed E-state index contributed by atoms with van der Waals surface area (Å²) in [6.07, 6.45) is 11.1. The first-order valence-corrected chi connectivity index (χ1v) is 6.74. The van der Waals surface area contributed by atoms with Crippen LogP contribution in [0.15, 0.2) is 0 Å². The highest BCUT2D eigenvalue weighted by Crippen LogP contribution is 2.11. The van der Waals surface area contributed by atoms with Gasteiger partial charge in [-0.2, -0.15) is 0 Å². The molecular formula is C13H28O3. The molecule has 0 aliphatic carbocycles. The molecule has 0 fully saturated rings. The molecule has 0 aliphatic rings. The van der Waals surface area contributed by atoms with Crippen molar-refractivity contribution in [2.24, 2.45) is 0 Å². The normalized spacial score (nSPS) is 11.2. The summed E-state index contributed by atoms with van der Waals surface area (Å²) < 4.78 is 0. The van der Waals surface area contributed by atoms with Crippen LogP contribution in [0.4, 0.5) is 0 Å². The lowest BCUT2D eigenvalue weighted by Gasteiger charge is -2.03. The third-order valence-corrected chi connectivity index (χ3v) is 2.87. The summed E-state index contributed by atoms with van der Waals surface area (Å²) in [5.41, 5.74) is 0. The minimum absolute atomic E-state index is 0.330. The minimum atomic E-state index is -1.12. The average Bonchev–Trinajstić information content (AvgIpc) is 2.25. The molecule has 0 amide bonds. The van der Waals surface area contributed by atoms with Gasteiger partial charge in [-0.25, -0.2) is 0 Å². The molecule has 3 heteroatoms. The molecule has 0 heterocycles. The fourth-order valence-corrected chi connectivity index (χ4v) is 1.85. The van der Waals surface area contributed by atoms with Crippen molar-refractivity contribution in [1.29, 1.82) is 0 Å². The first kappa shape index (κ1) is 15.9. The van der Waals surface area contributed by atoms with E-state index in [1.807, 2.05) is 0 Å². The summed E-state index contributed by atoms with van der Waals surface area (Å²) in [6.45, 7) is 0.330. The van der Waals surface area contributed by atoms with Crippen LogP contribution < -0.4 is 0 Å². The number of aliphatic hydroxyl groups excluding tert-OH is 2. The average molecular weight is 232 g/mol. The van der Waals surface area contributed by atoms with Crippen LogP contribution in [0.1, 0.15) is 70.6 Å². The lowest BCUT2D eigenvalue weighted by Crippen LogP contribution is -2.02. The maximum Gasteiger partial charge on any atom is 0.151 e. The highest BCUT2D eigenvalue weighted by atomic mass is 16.5. The molecule has 0 aliphatic heterocycles.